The summed E-state index contributed by atoms with van der Waals surface area (Å²) in [6, 6.07) is 5.85. The summed E-state index contributed by atoms with van der Waals surface area (Å²) in [5.41, 5.74) is 6.03. The standard InChI is InChI=1S/C12H15BrN2O3/c13-7-1-2-11-8(5-7)9(3-4-18-11)15-6-10(16)12(14)17/h1-2,5,9-10,15-16H,3-4,6H2,(H2,14,17). The third kappa shape index (κ3) is 3.01. The molecule has 1 amide bonds. The molecular weight excluding hydrogens is 300 g/mol. The second-order valence-electron chi connectivity index (χ2n) is 4.20. The van der Waals surface area contributed by atoms with Crippen LogP contribution in [0, 0.1) is 0 Å². The van der Waals surface area contributed by atoms with Crippen LogP contribution in [0.2, 0.25) is 0 Å². The minimum atomic E-state index is -1.16. The van der Waals surface area contributed by atoms with Gasteiger partial charge in [0.05, 0.1) is 6.61 Å². The van der Waals surface area contributed by atoms with Crippen LogP contribution in [0.25, 0.3) is 0 Å². The molecular formula is C12H15BrN2O3. The molecule has 4 N–H and O–H groups in total. The minimum absolute atomic E-state index is 0.0558. The molecule has 1 aliphatic heterocycles. The third-order valence-electron chi connectivity index (χ3n) is 2.90. The van der Waals surface area contributed by atoms with Crippen LogP contribution in [-0.2, 0) is 4.79 Å². The summed E-state index contributed by atoms with van der Waals surface area (Å²) in [4.78, 5) is 10.8. The first kappa shape index (κ1) is 13.3. The van der Waals surface area contributed by atoms with Crippen molar-refractivity contribution in [3.8, 4) is 5.75 Å². The second kappa shape index (κ2) is 5.69. The van der Waals surface area contributed by atoms with Gasteiger partial charge in [-0.1, -0.05) is 15.9 Å². The number of ether oxygens (including phenoxy) is 1. The van der Waals surface area contributed by atoms with Crippen LogP contribution in [0.1, 0.15) is 18.0 Å². The lowest BCUT2D eigenvalue weighted by molar-refractivity contribution is -0.125. The average Bonchev–Trinajstić information content (AvgIpc) is 2.35. The Balaban J connectivity index is 2.08. The number of carbonyl (C=O) groups is 1. The van der Waals surface area contributed by atoms with Gasteiger partial charge in [0.2, 0.25) is 5.91 Å². The first-order chi connectivity index (χ1) is 8.58. The third-order valence-corrected chi connectivity index (χ3v) is 3.39. The topological polar surface area (TPSA) is 84.6 Å². The molecule has 0 spiro atoms. The number of benzene rings is 1. The van der Waals surface area contributed by atoms with Gasteiger partial charge in [0.1, 0.15) is 11.9 Å². The molecule has 2 rings (SSSR count). The van der Waals surface area contributed by atoms with E-state index in [1.54, 1.807) is 0 Å². The molecule has 2 atom stereocenters. The number of fused-ring (bicyclic) bond motifs is 1. The maximum atomic E-state index is 10.8. The van der Waals surface area contributed by atoms with E-state index in [4.69, 9.17) is 10.5 Å². The van der Waals surface area contributed by atoms with Gasteiger partial charge in [-0.15, -0.1) is 0 Å². The zero-order valence-electron chi connectivity index (χ0n) is 9.73. The fraction of sp³-hybridized carbons (Fsp3) is 0.417. The van der Waals surface area contributed by atoms with E-state index in [1.807, 2.05) is 18.2 Å². The Kier molecular flexibility index (Phi) is 4.21. The molecule has 18 heavy (non-hydrogen) atoms. The fourth-order valence-corrected chi connectivity index (χ4v) is 2.31. The number of halogens is 1. The number of primary amides is 1. The van der Waals surface area contributed by atoms with E-state index in [2.05, 4.69) is 21.2 Å². The van der Waals surface area contributed by atoms with Crippen LogP contribution >= 0.6 is 15.9 Å². The van der Waals surface area contributed by atoms with Crippen molar-refractivity contribution >= 4 is 21.8 Å². The Morgan fingerprint density at radius 1 is 1.67 bits per heavy atom. The molecule has 1 aliphatic rings. The summed E-state index contributed by atoms with van der Waals surface area (Å²) < 4.78 is 6.51. The van der Waals surface area contributed by atoms with Gasteiger partial charge in [-0.2, -0.15) is 0 Å². The molecule has 1 aromatic carbocycles. The van der Waals surface area contributed by atoms with Crippen molar-refractivity contribution in [2.24, 2.45) is 5.73 Å². The quantitative estimate of drug-likeness (QED) is 0.764. The molecule has 98 valence electrons. The predicted molar refractivity (Wildman–Crippen MR) is 70.2 cm³/mol. The van der Waals surface area contributed by atoms with Crippen LogP contribution < -0.4 is 15.8 Å². The van der Waals surface area contributed by atoms with E-state index in [-0.39, 0.29) is 12.6 Å². The Morgan fingerprint density at radius 3 is 3.17 bits per heavy atom. The number of nitrogens with one attached hydrogen (secondary N) is 1. The number of hydrogen-bond donors (Lipinski definition) is 3. The van der Waals surface area contributed by atoms with E-state index in [1.165, 1.54) is 0 Å². The van der Waals surface area contributed by atoms with Gasteiger partial charge >= 0.3 is 0 Å². The number of carbonyl (C=O) groups excluding carboxylic acids is 1. The monoisotopic (exact) mass is 314 g/mol. The maximum absolute atomic E-state index is 10.8. The number of rotatable bonds is 4. The van der Waals surface area contributed by atoms with Crippen LogP contribution in [0.3, 0.4) is 0 Å². The summed E-state index contributed by atoms with van der Waals surface area (Å²) in [7, 11) is 0. The van der Waals surface area contributed by atoms with Crippen molar-refractivity contribution in [2.45, 2.75) is 18.6 Å². The van der Waals surface area contributed by atoms with Crippen molar-refractivity contribution < 1.29 is 14.6 Å². The Morgan fingerprint density at radius 2 is 2.44 bits per heavy atom. The smallest absolute Gasteiger partial charge is 0.247 e. The van der Waals surface area contributed by atoms with Gasteiger partial charge in [-0.3, -0.25) is 4.79 Å². The summed E-state index contributed by atoms with van der Waals surface area (Å²) >= 11 is 3.41. The molecule has 0 saturated heterocycles. The molecule has 1 aromatic rings. The Bertz CT molecular complexity index is 453. The molecule has 0 aliphatic carbocycles. The van der Waals surface area contributed by atoms with Crippen LogP contribution in [0.15, 0.2) is 22.7 Å². The Labute approximate surface area is 113 Å². The number of aliphatic hydroxyl groups is 1. The zero-order valence-corrected chi connectivity index (χ0v) is 11.3. The van der Waals surface area contributed by atoms with Crippen LogP contribution in [0.4, 0.5) is 0 Å². The van der Waals surface area contributed by atoms with Crippen molar-refractivity contribution in [3.05, 3.63) is 28.2 Å². The largest absolute Gasteiger partial charge is 0.493 e. The maximum Gasteiger partial charge on any atom is 0.247 e. The lowest BCUT2D eigenvalue weighted by Gasteiger charge is -2.27. The lowest BCUT2D eigenvalue weighted by Crippen LogP contribution is -2.40. The van der Waals surface area contributed by atoms with E-state index in [0.717, 1.165) is 22.2 Å². The summed E-state index contributed by atoms with van der Waals surface area (Å²) in [5, 5.41) is 12.5. The molecule has 5 nitrogen and oxygen atoms in total. The van der Waals surface area contributed by atoms with E-state index < -0.39 is 12.0 Å². The van der Waals surface area contributed by atoms with Gasteiger partial charge in [0.25, 0.3) is 0 Å². The molecule has 0 saturated carbocycles. The van der Waals surface area contributed by atoms with Crippen LogP contribution in [0.5, 0.6) is 5.75 Å². The summed E-state index contributed by atoms with van der Waals surface area (Å²) in [6.45, 7) is 0.755. The zero-order chi connectivity index (χ0) is 13.1. The molecule has 0 fully saturated rings. The number of hydrogen-bond acceptors (Lipinski definition) is 4. The first-order valence-electron chi connectivity index (χ1n) is 5.71. The van der Waals surface area contributed by atoms with Gasteiger partial charge < -0.3 is 20.9 Å². The molecule has 1 heterocycles. The molecule has 0 bridgehead atoms. The number of amides is 1. The predicted octanol–water partition coefficient (Wildman–Crippen LogP) is 0.708. The van der Waals surface area contributed by atoms with Crippen molar-refractivity contribution in [2.75, 3.05) is 13.2 Å². The fourth-order valence-electron chi connectivity index (χ4n) is 1.93. The normalized spacial score (nSPS) is 19.8. The Hall–Kier alpha value is -1.11. The highest BCUT2D eigenvalue weighted by atomic mass is 79.9. The first-order valence-corrected chi connectivity index (χ1v) is 6.50. The lowest BCUT2D eigenvalue weighted by atomic mass is 10.0. The SMILES string of the molecule is NC(=O)C(O)CNC1CCOc2ccc(Br)cc21. The minimum Gasteiger partial charge on any atom is -0.493 e. The van der Waals surface area contributed by atoms with E-state index >= 15 is 0 Å². The highest BCUT2D eigenvalue weighted by Gasteiger charge is 2.22. The van der Waals surface area contributed by atoms with E-state index in [0.29, 0.717) is 6.61 Å². The highest BCUT2D eigenvalue weighted by Crippen LogP contribution is 2.33. The average molecular weight is 315 g/mol. The molecule has 2 unspecified atom stereocenters. The van der Waals surface area contributed by atoms with Crippen molar-refractivity contribution in [3.63, 3.8) is 0 Å². The molecule has 0 radical (unpaired) electrons. The number of aliphatic hydroxyl groups excluding tert-OH is 1. The summed E-state index contributed by atoms with van der Waals surface area (Å²) in [5.74, 6) is 0.111. The molecule has 0 aromatic heterocycles. The highest BCUT2D eigenvalue weighted by molar-refractivity contribution is 9.10. The van der Waals surface area contributed by atoms with Gasteiger partial charge in [0.15, 0.2) is 0 Å². The second-order valence-corrected chi connectivity index (χ2v) is 5.11. The van der Waals surface area contributed by atoms with Crippen LogP contribution in [-0.4, -0.2) is 30.3 Å². The van der Waals surface area contributed by atoms with Crippen molar-refractivity contribution in [1.82, 2.24) is 5.32 Å². The van der Waals surface area contributed by atoms with Crippen molar-refractivity contribution in [1.29, 1.82) is 0 Å². The van der Waals surface area contributed by atoms with Gasteiger partial charge in [0, 0.05) is 29.0 Å². The summed E-state index contributed by atoms with van der Waals surface area (Å²) in [6.07, 6.45) is -0.377. The molecule has 6 heteroatoms. The van der Waals surface area contributed by atoms with Gasteiger partial charge in [-0.25, -0.2) is 0 Å². The van der Waals surface area contributed by atoms with Gasteiger partial charge in [-0.05, 0) is 18.2 Å². The number of nitrogens with two attached hydrogens (primary N) is 1. The van der Waals surface area contributed by atoms with E-state index in [9.17, 15) is 9.90 Å².